The average molecular weight is 408 g/mol. The average Bonchev–Trinajstić information content (AvgIpc) is 3.42. The third-order valence-corrected chi connectivity index (χ3v) is 6.45. The molecule has 4 N–H and O–H groups in total. The molecule has 154 valence electrons. The second kappa shape index (κ2) is 9.25. The van der Waals surface area contributed by atoms with Crippen LogP contribution >= 0.6 is 12.4 Å². The molecule has 0 radical (unpaired) electrons. The molecule has 1 aromatic carbocycles. The fraction of sp³-hybridized carbons (Fsp3) is 0.619. The molecule has 1 heterocycles. The maximum Gasteiger partial charge on any atom is 0.251 e. The van der Waals surface area contributed by atoms with Crippen LogP contribution in [0, 0.1) is 17.8 Å². The Bertz CT molecular complexity index is 706. The van der Waals surface area contributed by atoms with Gasteiger partial charge >= 0.3 is 0 Å². The van der Waals surface area contributed by atoms with Crippen molar-refractivity contribution in [2.75, 3.05) is 13.2 Å². The molecule has 2 amide bonds. The normalized spacial score (nSPS) is 30.7. The van der Waals surface area contributed by atoms with Crippen molar-refractivity contribution in [1.29, 1.82) is 0 Å². The van der Waals surface area contributed by atoms with Crippen LogP contribution in [0.2, 0.25) is 0 Å². The van der Waals surface area contributed by atoms with Crippen molar-refractivity contribution in [2.24, 2.45) is 23.5 Å². The molecule has 0 aromatic heterocycles. The third-order valence-electron chi connectivity index (χ3n) is 6.45. The first-order chi connectivity index (χ1) is 13.1. The summed E-state index contributed by atoms with van der Waals surface area (Å²) in [6, 6.07) is 7.41. The number of hydrogen-bond acceptors (Lipinski definition) is 4. The zero-order valence-electron chi connectivity index (χ0n) is 16.1. The molecule has 2 bridgehead atoms. The molecule has 6 nitrogen and oxygen atoms in total. The highest BCUT2D eigenvalue weighted by Gasteiger charge is 2.48. The number of fused-ring (bicyclic) bond motifs is 2. The number of carbonyl (C=O) groups excluding carboxylic acids is 2. The van der Waals surface area contributed by atoms with E-state index in [4.69, 9.17) is 10.5 Å². The van der Waals surface area contributed by atoms with E-state index in [2.05, 4.69) is 10.6 Å². The lowest BCUT2D eigenvalue weighted by atomic mass is 9.84. The van der Waals surface area contributed by atoms with Gasteiger partial charge < -0.3 is 21.1 Å². The molecule has 28 heavy (non-hydrogen) atoms. The van der Waals surface area contributed by atoms with Gasteiger partial charge in [0.05, 0.1) is 12.0 Å². The van der Waals surface area contributed by atoms with Crippen molar-refractivity contribution in [3.8, 4) is 0 Å². The minimum absolute atomic E-state index is 0. The lowest BCUT2D eigenvalue weighted by Gasteiger charge is -2.27. The second-order valence-electron chi connectivity index (χ2n) is 8.20. The summed E-state index contributed by atoms with van der Waals surface area (Å²) in [5, 5.41) is 5.96. The van der Waals surface area contributed by atoms with Crippen molar-refractivity contribution in [2.45, 2.75) is 50.8 Å². The number of nitrogens with one attached hydrogen (secondary N) is 2. The molecule has 7 heteroatoms. The predicted molar refractivity (Wildman–Crippen MR) is 109 cm³/mol. The van der Waals surface area contributed by atoms with E-state index in [0.717, 1.165) is 37.9 Å². The number of benzene rings is 1. The highest BCUT2D eigenvalue weighted by molar-refractivity contribution is 5.94. The fourth-order valence-electron chi connectivity index (χ4n) is 4.97. The topological polar surface area (TPSA) is 93.5 Å². The van der Waals surface area contributed by atoms with Crippen LogP contribution in [-0.4, -0.2) is 37.1 Å². The monoisotopic (exact) mass is 407 g/mol. The van der Waals surface area contributed by atoms with Gasteiger partial charge in [-0.05, 0) is 61.6 Å². The second-order valence-corrected chi connectivity index (χ2v) is 8.20. The minimum Gasteiger partial charge on any atom is -0.376 e. The molecule has 0 spiro atoms. The standard InChI is InChI=1S/C21H29N3O3.ClH/c22-19-15-7-6-14(10-15)18(19)21(26)23-11-13-3-1-4-16(9-13)20(25)24-12-17-5-2-8-27-17;/h1,3-4,9,14-15,17-19H,2,5-8,10-12,22H2,(H,23,26)(H,24,25);1H. The molecule has 2 saturated carbocycles. The molecule has 1 aliphatic heterocycles. The van der Waals surface area contributed by atoms with Crippen molar-refractivity contribution in [3.63, 3.8) is 0 Å². The SMILES string of the molecule is Cl.NC1C2CCC(C2)C1C(=O)NCc1cccc(C(=O)NCC2CCCO2)c1. The van der Waals surface area contributed by atoms with Gasteiger partial charge in [-0.25, -0.2) is 0 Å². The molecular weight excluding hydrogens is 378 g/mol. The van der Waals surface area contributed by atoms with Crippen molar-refractivity contribution >= 4 is 24.2 Å². The van der Waals surface area contributed by atoms with E-state index in [1.165, 1.54) is 6.42 Å². The minimum atomic E-state index is -0.103. The van der Waals surface area contributed by atoms with Gasteiger partial charge in [0.1, 0.15) is 0 Å². The Kier molecular flexibility index (Phi) is 6.96. The number of rotatable bonds is 6. The number of ether oxygens (including phenoxy) is 1. The first-order valence-electron chi connectivity index (χ1n) is 10.1. The molecule has 4 rings (SSSR count). The van der Waals surface area contributed by atoms with E-state index < -0.39 is 0 Å². The van der Waals surface area contributed by atoms with Crippen molar-refractivity contribution in [1.82, 2.24) is 10.6 Å². The van der Waals surface area contributed by atoms with Crippen LogP contribution in [0.15, 0.2) is 24.3 Å². The van der Waals surface area contributed by atoms with Crippen LogP contribution in [0.25, 0.3) is 0 Å². The van der Waals surface area contributed by atoms with Crippen LogP contribution in [0.5, 0.6) is 0 Å². The maximum absolute atomic E-state index is 12.6. The van der Waals surface area contributed by atoms with Gasteiger partial charge in [-0.15, -0.1) is 12.4 Å². The molecule has 5 atom stereocenters. The van der Waals surface area contributed by atoms with Gasteiger partial charge in [-0.2, -0.15) is 0 Å². The fourth-order valence-corrected chi connectivity index (χ4v) is 4.97. The number of hydrogen-bond donors (Lipinski definition) is 3. The molecule has 1 saturated heterocycles. The Morgan fingerprint density at radius 2 is 1.96 bits per heavy atom. The largest absolute Gasteiger partial charge is 0.376 e. The van der Waals surface area contributed by atoms with E-state index in [0.29, 0.717) is 30.5 Å². The van der Waals surface area contributed by atoms with Gasteiger partial charge in [-0.3, -0.25) is 9.59 Å². The van der Waals surface area contributed by atoms with E-state index >= 15 is 0 Å². The van der Waals surface area contributed by atoms with Crippen molar-refractivity contribution in [3.05, 3.63) is 35.4 Å². The Hall–Kier alpha value is -1.63. The Labute approximate surface area is 172 Å². The summed E-state index contributed by atoms with van der Waals surface area (Å²) in [7, 11) is 0. The van der Waals surface area contributed by atoms with E-state index in [9.17, 15) is 9.59 Å². The number of halogens is 1. The highest BCUT2D eigenvalue weighted by atomic mass is 35.5. The Morgan fingerprint density at radius 3 is 2.68 bits per heavy atom. The van der Waals surface area contributed by atoms with Gasteiger partial charge in [0.2, 0.25) is 5.91 Å². The molecular formula is C21H30ClN3O3. The summed E-state index contributed by atoms with van der Waals surface area (Å²) >= 11 is 0. The third kappa shape index (κ3) is 4.50. The van der Waals surface area contributed by atoms with Gasteiger partial charge in [0.25, 0.3) is 5.91 Å². The van der Waals surface area contributed by atoms with Crippen LogP contribution in [0.3, 0.4) is 0 Å². The lowest BCUT2D eigenvalue weighted by molar-refractivity contribution is -0.127. The summed E-state index contributed by atoms with van der Waals surface area (Å²) in [5.74, 6) is 0.861. The molecule has 3 aliphatic rings. The van der Waals surface area contributed by atoms with E-state index in [1.54, 1.807) is 6.07 Å². The van der Waals surface area contributed by atoms with Crippen LogP contribution in [-0.2, 0) is 16.1 Å². The van der Waals surface area contributed by atoms with Crippen LogP contribution in [0.1, 0.15) is 48.0 Å². The molecule has 1 aromatic rings. The summed E-state index contributed by atoms with van der Waals surface area (Å²) in [6.07, 6.45) is 5.57. The maximum atomic E-state index is 12.6. The first-order valence-corrected chi connectivity index (χ1v) is 10.1. The smallest absolute Gasteiger partial charge is 0.251 e. The van der Waals surface area contributed by atoms with Gasteiger partial charge in [-0.1, -0.05) is 12.1 Å². The molecule has 5 unspecified atom stereocenters. The van der Waals surface area contributed by atoms with Gasteiger partial charge in [0, 0.05) is 31.3 Å². The van der Waals surface area contributed by atoms with Crippen molar-refractivity contribution < 1.29 is 14.3 Å². The quantitative estimate of drug-likeness (QED) is 0.672. The summed E-state index contributed by atoms with van der Waals surface area (Å²) < 4.78 is 5.53. The summed E-state index contributed by atoms with van der Waals surface area (Å²) in [6.45, 7) is 1.75. The predicted octanol–water partition coefficient (Wildman–Crippen LogP) is 2.01. The van der Waals surface area contributed by atoms with E-state index in [1.807, 2.05) is 18.2 Å². The Morgan fingerprint density at radius 1 is 1.14 bits per heavy atom. The summed E-state index contributed by atoms with van der Waals surface area (Å²) in [4.78, 5) is 25.0. The highest BCUT2D eigenvalue weighted by Crippen LogP contribution is 2.47. The number of amides is 2. The zero-order valence-corrected chi connectivity index (χ0v) is 16.9. The summed E-state index contributed by atoms with van der Waals surface area (Å²) in [5.41, 5.74) is 7.79. The van der Waals surface area contributed by atoms with Gasteiger partial charge in [0.15, 0.2) is 0 Å². The lowest BCUT2D eigenvalue weighted by Crippen LogP contribution is -2.45. The first kappa shape index (κ1) is 21.1. The number of nitrogens with two attached hydrogens (primary N) is 1. The van der Waals surface area contributed by atoms with Crippen LogP contribution < -0.4 is 16.4 Å². The zero-order chi connectivity index (χ0) is 18.8. The van der Waals surface area contributed by atoms with Crippen LogP contribution in [0.4, 0.5) is 0 Å². The Balaban J connectivity index is 0.00000225. The molecule has 2 aliphatic carbocycles. The molecule has 3 fully saturated rings. The number of carbonyl (C=O) groups is 2. The van der Waals surface area contributed by atoms with E-state index in [-0.39, 0.29) is 42.3 Å².